The number of nitrogens with zero attached hydrogens (tertiary/aromatic N) is 4. The molecule has 6 nitrogen and oxygen atoms in total. The van der Waals surface area contributed by atoms with Crippen LogP contribution in [-0.4, -0.2) is 47.7 Å². The lowest BCUT2D eigenvalue weighted by Crippen LogP contribution is -2.28. The number of aliphatic carboxylic acids is 1. The van der Waals surface area contributed by atoms with Crippen molar-refractivity contribution in [2.24, 2.45) is 0 Å². The highest BCUT2D eigenvalue weighted by Crippen LogP contribution is 2.19. The van der Waals surface area contributed by atoms with Crippen LogP contribution in [0.3, 0.4) is 0 Å². The lowest BCUT2D eigenvalue weighted by Gasteiger charge is -2.25. The number of carboxylic acids is 1. The second-order valence-electron chi connectivity index (χ2n) is 4.90. The van der Waals surface area contributed by atoms with Crippen molar-refractivity contribution in [3.63, 3.8) is 0 Å². The van der Waals surface area contributed by atoms with Crippen LogP contribution in [0.25, 0.3) is 0 Å². The van der Waals surface area contributed by atoms with Gasteiger partial charge in [-0.1, -0.05) is 0 Å². The van der Waals surface area contributed by atoms with Crippen LogP contribution in [0.2, 0.25) is 0 Å². The van der Waals surface area contributed by atoms with E-state index in [1.165, 1.54) is 0 Å². The van der Waals surface area contributed by atoms with Gasteiger partial charge in [0.25, 0.3) is 0 Å². The van der Waals surface area contributed by atoms with E-state index < -0.39 is 5.97 Å². The number of rotatable bonds is 6. The zero-order valence-corrected chi connectivity index (χ0v) is 12.2. The van der Waals surface area contributed by atoms with Crippen LogP contribution in [-0.2, 0) is 4.79 Å². The van der Waals surface area contributed by atoms with E-state index in [0.29, 0.717) is 18.4 Å². The fourth-order valence-electron chi connectivity index (χ4n) is 1.56. The summed E-state index contributed by atoms with van der Waals surface area (Å²) in [5, 5.41) is 8.71. The van der Waals surface area contributed by atoms with Gasteiger partial charge < -0.3 is 14.9 Å². The van der Waals surface area contributed by atoms with Crippen LogP contribution < -0.4 is 9.80 Å². The minimum atomic E-state index is -0.808. The molecule has 1 heterocycles. The molecule has 0 radical (unpaired) electrons. The van der Waals surface area contributed by atoms with E-state index >= 15 is 0 Å². The molecule has 0 fully saturated rings. The van der Waals surface area contributed by atoms with Gasteiger partial charge in [0.05, 0.1) is 6.42 Å². The average Bonchev–Trinajstić information content (AvgIpc) is 2.33. The van der Waals surface area contributed by atoms with Gasteiger partial charge in [-0.05, 0) is 20.8 Å². The maximum absolute atomic E-state index is 10.6. The molecule has 0 amide bonds. The zero-order chi connectivity index (χ0) is 14.6. The Kier molecular flexibility index (Phi) is 5.09. The molecule has 0 aliphatic rings. The number of aryl methyl sites for hydroxylation is 1. The largest absolute Gasteiger partial charge is 0.481 e. The molecule has 6 heteroatoms. The van der Waals surface area contributed by atoms with E-state index in [9.17, 15) is 4.79 Å². The molecule has 0 aromatic carbocycles. The van der Waals surface area contributed by atoms with Gasteiger partial charge >= 0.3 is 5.97 Å². The van der Waals surface area contributed by atoms with Gasteiger partial charge in [-0.2, -0.15) is 0 Å². The Morgan fingerprint density at radius 2 is 1.89 bits per heavy atom. The van der Waals surface area contributed by atoms with Crippen molar-refractivity contribution in [2.75, 3.05) is 30.4 Å². The maximum Gasteiger partial charge on any atom is 0.305 e. The molecule has 1 aromatic rings. The summed E-state index contributed by atoms with van der Waals surface area (Å²) in [6.45, 7) is 6.44. The van der Waals surface area contributed by atoms with E-state index in [1.807, 2.05) is 32.0 Å². The third-order valence-corrected chi connectivity index (χ3v) is 3.00. The predicted octanol–water partition coefficient (Wildman–Crippen LogP) is 1.54. The van der Waals surface area contributed by atoms with Gasteiger partial charge in [0.15, 0.2) is 0 Å². The molecule has 106 valence electrons. The predicted molar refractivity (Wildman–Crippen MR) is 75.8 cm³/mol. The summed E-state index contributed by atoms with van der Waals surface area (Å²) in [7, 11) is 3.82. The second kappa shape index (κ2) is 6.36. The highest BCUT2D eigenvalue weighted by Gasteiger charge is 2.12. The Hall–Kier alpha value is -1.85. The van der Waals surface area contributed by atoms with Gasteiger partial charge in [-0.25, -0.2) is 9.97 Å². The Morgan fingerprint density at radius 3 is 2.42 bits per heavy atom. The molecule has 0 unspecified atom stereocenters. The van der Waals surface area contributed by atoms with Crippen molar-refractivity contribution in [1.29, 1.82) is 0 Å². The van der Waals surface area contributed by atoms with E-state index in [-0.39, 0.29) is 6.42 Å². The van der Waals surface area contributed by atoms with Crippen molar-refractivity contribution in [1.82, 2.24) is 9.97 Å². The van der Waals surface area contributed by atoms with Crippen LogP contribution in [0.15, 0.2) is 6.07 Å². The molecular weight excluding hydrogens is 244 g/mol. The fraction of sp³-hybridized carbons (Fsp3) is 0.615. The Bertz CT molecular complexity index is 448. The summed E-state index contributed by atoms with van der Waals surface area (Å²) in [5.41, 5.74) is 0. The Balaban J connectivity index is 2.92. The first-order valence-corrected chi connectivity index (χ1v) is 6.32. The Morgan fingerprint density at radius 1 is 1.32 bits per heavy atom. The topological polar surface area (TPSA) is 69.6 Å². The molecule has 0 atom stereocenters. The minimum Gasteiger partial charge on any atom is -0.481 e. The van der Waals surface area contributed by atoms with Crippen LogP contribution in [0.4, 0.5) is 11.6 Å². The van der Waals surface area contributed by atoms with Crippen molar-refractivity contribution in [2.45, 2.75) is 33.2 Å². The highest BCUT2D eigenvalue weighted by molar-refractivity contribution is 5.67. The third kappa shape index (κ3) is 4.39. The number of hydrogen-bond donors (Lipinski definition) is 1. The van der Waals surface area contributed by atoms with Crippen molar-refractivity contribution in [3.05, 3.63) is 11.9 Å². The number of aromatic nitrogens is 2. The lowest BCUT2D eigenvalue weighted by molar-refractivity contribution is -0.136. The van der Waals surface area contributed by atoms with Crippen LogP contribution >= 0.6 is 0 Å². The zero-order valence-electron chi connectivity index (χ0n) is 12.2. The summed E-state index contributed by atoms with van der Waals surface area (Å²) in [4.78, 5) is 23.2. The Labute approximate surface area is 114 Å². The minimum absolute atomic E-state index is 0.0922. The molecule has 0 saturated heterocycles. The molecule has 19 heavy (non-hydrogen) atoms. The lowest BCUT2D eigenvalue weighted by atomic mass is 10.3. The van der Waals surface area contributed by atoms with E-state index in [1.54, 1.807) is 0 Å². The van der Waals surface area contributed by atoms with Gasteiger partial charge in [0, 0.05) is 32.7 Å². The van der Waals surface area contributed by atoms with Crippen LogP contribution in [0.1, 0.15) is 26.1 Å². The normalized spacial score (nSPS) is 10.6. The molecule has 0 spiro atoms. The molecule has 1 rings (SSSR count). The summed E-state index contributed by atoms with van der Waals surface area (Å²) in [5.74, 6) is 1.47. The number of carboxylic acid groups (broad SMARTS) is 1. The van der Waals surface area contributed by atoms with Gasteiger partial charge in [-0.15, -0.1) is 0 Å². The number of anilines is 2. The van der Waals surface area contributed by atoms with Gasteiger partial charge in [0.2, 0.25) is 0 Å². The van der Waals surface area contributed by atoms with Crippen LogP contribution in [0.5, 0.6) is 0 Å². The molecule has 1 aromatic heterocycles. The highest BCUT2D eigenvalue weighted by atomic mass is 16.4. The molecule has 0 bridgehead atoms. The van der Waals surface area contributed by atoms with Crippen LogP contribution in [0, 0.1) is 6.92 Å². The van der Waals surface area contributed by atoms with E-state index in [4.69, 9.17) is 5.11 Å². The first-order chi connectivity index (χ1) is 8.81. The summed E-state index contributed by atoms with van der Waals surface area (Å²) in [6.07, 6.45) is 0.0922. The monoisotopic (exact) mass is 266 g/mol. The van der Waals surface area contributed by atoms with Crippen molar-refractivity contribution < 1.29 is 9.90 Å². The molecular formula is C13H22N4O2. The SMILES string of the molecule is Cc1nc(N(C)CCC(=O)O)cc(N(C)C(C)C)n1. The van der Waals surface area contributed by atoms with Crippen molar-refractivity contribution >= 4 is 17.6 Å². The molecule has 0 aliphatic heterocycles. The summed E-state index contributed by atoms with van der Waals surface area (Å²) < 4.78 is 0. The second-order valence-corrected chi connectivity index (χ2v) is 4.90. The smallest absolute Gasteiger partial charge is 0.305 e. The molecule has 0 saturated carbocycles. The van der Waals surface area contributed by atoms with E-state index in [0.717, 1.165) is 11.6 Å². The maximum atomic E-state index is 10.6. The number of hydrogen-bond acceptors (Lipinski definition) is 5. The summed E-state index contributed by atoms with van der Waals surface area (Å²) in [6, 6.07) is 2.22. The van der Waals surface area contributed by atoms with Gasteiger partial charge in [0.1, 0.15) is 17.5 Å². The van der Waals surface area contributed by atoms with E-state index in [2.05, 4.69) is 28.7 Å². The standard InChI is InChI=1S/C13H22N4O2/c1-9(2)17(5)12-8-11(14-10(3)15-12)16(4)7-6-13(18)19/h8-9H,6-7H2,1-5H3,(H,18,19). The molecule has 1 N–H and O–H groups in total. The van der Waals surface area contributed by atoms with Crippen molar-refractivity contribution in [3.8, 4) is 0 Å². The quantitative estimate of drug-likeness (QED) is 0.842. The fourth-order valence-corrected chi connectivity index (χ4v) is 1.56. The first-order valence-electron chi connectivity index (χ1n) is 6.32. The average molecular weight is 266 g/mol. The summed E-state index contributed by atoms with van der Waals surface area (Å²) >= 11 is 0. The number of carbonyl (C=O) groups is 1. The molecule has 0 aliphatic carbocycles. The van der Waals surface area contributed by atoms with Gasteiger partial charge in [-0.3, -0.25) is 4.79 Å². The first kappa shape index (κ1) is 15.2. The third-order valence-electron chi connectivity index (χ3n) is 3.00.